The summed E-state index contributed by atoms with van der Waals surface area (Å²) in [5.41, 5.74) is 8.85. The van der Waals surface area contributed by atoms with Gasteiger partial charge in [-0.1, -0.05) is 152 Å². The monoisotopic (exact) mass is 651 g/mol. The Morgan fingerprint density at radius 2 is 0.843 bits per heavy atom. The van der Waals surface area contributed by atoms with Crippen LogP contribution in [-0.4, -0.2) is 15.0 Å². The zero-order valence-corrected chi connectivity index (χ0v) is 27.5. The molecule has 2 heterocycles. The number of benzene rings is 8. The van der Waals surface area contributed by atoms with Crippen LogP contribution in [0.2, 0.25) is 0 Å². The van der Waals surface area contributed by atoms with Crippen LogP contribution in [0.5, 0.6) is 0 Å². The van der Waals surface area contributed by atoms with Crippen LogP contribution in [0.1, 0.15) is 0 Å². The second-order valence-electron chi connectivity index (χ2n) is 12.8. The molecule has 0 aliphatic carbocycles. The van der Waals surface area contributed by atoms with Crippen molar-refractivity contribution < 1.29 is 4.42 Å². The van der Waals surface area contributed by atoms with Gasteiger partial charge in [0.25, 0.3) is 0 Å². The first kappa shape index (κ1) is 29.0. The first-order chi connectivity index (χ1) is 25.3. The second-order valence-corrected chi connectivity index (χ2v) is 12.8. The standard InChI is InChI=1S/C47H29N3O/c1-3-13-30(14-4-1)31-23-25-32(26-24-31)35-28-41(44-39-21-11-12-22-42(39)51-43(44)29-35)47-49-45(33-15-5-2-6-16-33)48-46(50-47)40-27-34-17-7-8-18-36(34)37-19-9-10-20-38(37)40/h1-29H. The second kappa shape index (κ2) is 11.9. The highest BCUT2D eigenvalue weighted by Crippen LogP contribution is 2.41. The zero-order chi connectivity index (χ0) is 33.7. The van der Waals surface area contributed by atoms with E-state index in [0.29, 0.717) is 17.5 Å². The fourth-order valence-corrected chi connectivity index (χ4v) is 7.26. The minimum Gasteiger partial charge on any atom is -0.456 e. The molecule has 0 fully saturated rings. The van der Waals surface area contributed by atoms with Crippen LogP contribution in [0, 0.1) is 0 Å². The van der Waals surface area contributed by atoms with E-state index < -0.39 is 0 Å². The maximum Gasteiger partial charge on any atom is 0.164 e. The fourth-order valence-electron chi connectivity index (χ4n) is 7.26. The van der Waals surface area contributed by atoms with Crippen molar-refractivity contribution in [2.24, 2.45) is 0 Å². The number of rotatable bonds is 5. The molecule has 0 aliphatic heterocycles. The van der Waals surface area contributed by atoms with Gasteiger partial charge in [-0.15, -0.1) is 0 Å². The summed E-state index contributed by atoms with van der Waals surface area (Å²) in [4.78, 5) is 15.7. The van der Waals surface area contributed by atoms with E-state index >= 15 is 0 Å². The molecule has 10 rings (SSSR count). The summed E-state index contributed by atoms with van der Waals surface area (Å²) in [6, 6.07) is 61.0. The molecule has 238 valence electrons. The lowest BCUT2D eigenvalue weighted by Gasteiger charge is -2.13. The van der Waals surface area contributed by atoms with Crippen LogP contribution in [0.25, 0.3) is 99.9 Å². The van der Waals surface area contributed by atoms with Gasteiger partial charge in [0.05, 0.1) is 0 Å². The van der Waals surface area contributed by atoms with Crippen LogP contribution in [0.4, 0.5) is 0 Å². The molecule has 4 heteroatoms. The Morgan fingerprint density at radius 1 is 0.314 bits per heavy atom. The highest BCUT2D eigenvalue weighted by molar-refractivity contribution is 6.14. The van der Waals surface area contributed by atoms with Gasteiger partial charge in [-0.05, 0) is 68.1 Å². The number of para-hydroxylation sites is 1. The van der Waals surface area contributed by atoms with Crippen LogP contribution < -0.4 is 0 Å². The van der Waals surface area contributed by atoms with Crippen molar-refractivity contribution in [1.29, 1.82) is 0 Å². The van der Waals surface area contributed by atoms with E-state index in [2.05, 4.69) is 133 Å². The average molecular weight is 652 g/mol. The van der Waals surface area contributed by atoms with Gasteiger partial charge in [-0.25, -0.2) is 15.0 Å². The molecule has 0 saturated heterocycles. The minimum atomic E-state index is 0.593. The van der Waals surface area contributed by atoms with Crippen molar-refractivity contribution in [2.45, 2.75) is 0 Å². The first-order valence-electron chi connectivity index (χ1n) is 17.1. The lowest BCUT2D eigenvalue weighted by molar-refractivity contribution is 0.669. The van der Waals surface area contributed by atoms with Crippen LogP contribution in [-0.2, 0) is 0 Å². The number of fused-ring (bicyclic) bond motifs is 6. The van der Waals surface area contributed by atoms with Crippen molar-refractivity contribution in [3.05, 3.63) is 176 Å². The molecule has 51 heavy (non-hydrogen) atoms. The van der Waals surface area contributed by atoms with Crippen molar-refractivity contribution in [2.75, 3.05) is 0 Å². The number of hydrogen-bond acceptors (Lipinski definition) is 4. The number of nitrogens with zero attached hydrogens (tertiary/aromatic N) is 3. The minimum absolute atomic E-state index is 0.593. The highest BCUT2D eigenvalue weighted by atomic mass is 16.3. The molecule has 4 nitrogen and oxygen atoms in total. The summed E-state index contributed by atoms with van der Waals surface area (Å²) in [5.74, 6) is 1.83. The van der Waals surface area contributed by atoms with Gasteiger partial charge in [0.15, 0.2) is 17.5 Å². The summed E-state index contributed by atoms with van der Waals surface area (Å²) in [6.07, 6.45) is 0. The smallest absolute Gasteiger partial charge is 0.164 e. The molecule has 0 bridgehead atoms. The zero-order valence-electron chi connectivity index (χ0n) is 27.5. The van der Waals surface area contributed by atoms with E-state index in [1.807, 2.05) is 42.5 Å². The average Bonchev–Trinajstić information content (AvgIpc) is 3.59. The van der Waals surface area contributed by atoms with Gasteiger partial charge in [0.2, 0.25) is 0 Å². The van der Waals surface area contributed by atoms with E-state index in [1.165, 1.54) is 16.5 Å². The Labute approximate surface area is 294 Å². The van der Waals surface area contributed by atoms with Crippen molar-refractivity contribution >= 4 is 43.5 Å². The molecule has 10 aromatic rings. The summed E-state index contributed by atoms with van der Waals surface area (Å²) in [6.45, 7) is 0. The summed E-state index contributed by atoms with van der Waals surface area (Å²) >= 11 is 0. The van der Waals surface area contributed by atoms with Crippen LogP contribution >= 0.6 is 0 Å². The van der Waals surface area contributed by atoms with E-state index in [9.17, 15) is 0 Å². The van der Waals surface area contributed by atoms with Crippen LogP contribution in [0.3, 0.4) is 0 Å². The Morgan fingerprint density at radius 3 is 1.59 bits per heavy atom. The Bertz CT molecular complexity index is 2900. The summed E-state index contributed by atoms with van der Waals surface area (Å²) in [7, 11) is 0. The Kier molecular flexibility index (Phi) is 6.78. The van der Waals surface area contributed by atoms with Gasteiger partial charge in [0.1, 0.15) is 11.2 Å². The third-order valence-corrected chi connectivity index (χ3v) is 9.72. The number of aromatic nitrogens is 3. The van der Waals surface area contributed by atoms with E-state index in [-0.39, 0.29) is 0 Å². The topological polar surface area (TPSA) is 51.8 Å². The Balaban J connectivity index is 1.24. The van der Waals surface area contributed by atoms with Crippen molar-refractivity contribution in [1.82, 2.24) is 15.0 Å². The maximum atomic E-state index is 6.53. The lowest BCUT2D eigenvalue weighted by Crippen LogP contribution is -2.01. The van der Waals surface area contributed by atoms with E-state index in [4.69, 9.17) is 19.4 Å². The molecule has 0 amide bonds. The van der Waals surface area contributed by atoms with Gasteiger partial charge in [-0.2, -0.15) is 0 Å². The number of hydrogen-bond donors (Lipinski definition) is 0. The van der Waals surface area contributed by atoms with Gasteiger partial charge < -0.3 is 4.42 Å². The first-order valence-corrected chi connectivity index (χ1v) is 17.1. The molecular formula is C47H29N3O. The van der Waals surface area contributed by atoms with Gasteiger partial charge in [0, 0.05) is 27.5 Å². The normalized spacial score (nSPS) is 11.5. The predicted molar refractivity (Wildman–Crippen MR) is 209 cm³/mol. The third-order valence-electron chi connectivity index (χ3n) is 9.72. The quantitative estimate of drug-likeness (QED) is 0.174. The summed E-state index contributed by atoms with van der Waals surface area (Å²) < 4.78 is 6.53. The van der Waals surface area contributed by atoms with E-state index in [1.54, 1.807) is 0 Å². The molecule has 8 aromatic carbocycles. The molecular weight excluding hydrogens is 623 g/mol. The number of furan rings is 1. The molecule has 2 aromatic heterocycles. The predicted octanol–water partition coefficient (Wildman–Crippen LogP) is 12.4. The van der Waals surface area contributed by atoms with E-state index in [0.717, 1.165) is 65.9 Å². The molecule has 0 aliphatic rings. The lowest BCUT2D eigenvalue weighted by atomic mass is 9.96. The van der Waals surface area contributed by atoms with Crippen LogP contribution in [0.15, 0.2) is 180 Å². The summed E-state index contributed by atoms with van der Waals surface area (Å²) in [5, 5.41) is 6.60. The SMILES string of the molecule is c1ccc(-c2ccc(-c3cc(-c4nc(-c5ccccc5)nc(-c5cc6ccccc6c6ccccc56)n4)c4c(c3)oc3ccccc34)cc2)cc1. The molecule has 0 saturated carbocycles. The Hall–Kier alpha value is -6.91. The molecule has 0 unspecified atom stereocenters. The molecule has 0 radical (unpaired) electrons. The molecule has 0 spiro atoms. The van der Waals surface area contributed by atoms with Gasteiger partial charge in [-0.3, -0.25) is 0 Å². The highest BCUT2D eigenvalue weighted by Gasteiger charge is 2.21. The molecule has 0 atom stereocenters. The largest absolute Gasteiger partial charge is 0.456 e. The fraction of sp³-hybridized carbons (Fsp3) is 0. The van der Waals surface area contributed by atoms with Crippen molar-refractivity contribution in [3.8, 4) is 56.4 Å². The van der Waals surface area contributed by atoms with Gasteiger partial charge >= 0.3 is 0 Å². The van der Waals surface area contributed by atoms with Crippen molar-refractivity contribution in [3.63, 3.8) is 0 Å². The molecule has 0 N–H and O–H groups in total. The third kappa shape index (κ3) is 5.04. The maximum absolute atomic E-state index is 6.53.